The van der Waals surface area contributed by atoms with Crippen molar-refractivity contribution in [3.8, 4) is 0 Å². The van der Waals surface area contributed by atoms with E-state index in [1.165, 1.54) is 10.6 Å². The normalized spacial score (nSPS) is 15.5. The maximum atomic E-state index is 11.7. The van der Waals surface area contributed by atoms with Crippen molar-refractivity contribution >= 4 is 5.78 Å². The third-order valence-corrected chi connectivity index (χ3v) is 2.66. The molecule has 0 spiro atoms. The second-order valence-electron chi connectivity index (χ2n) is 4.21. The van der Waals surface area contributed by atoms with Crippen LogP contribution in [0.1, 0.15) is 37.7 Å². The molecule has 0 fully saturated rings. The third-order valence-electron chi connectivity index (χ3n) is 2.66. The van der Waals surface area contributed by atoms with Crippen LogP contribution in [0, 0.1) is 0 Å². The zero-order chi connectivity index (χ0) is 11.0. The highest BCUT2D eigenvalue weighted by Gasteiger charge is 2.18. The van der Waals surface area contributed by atoms with Crippen molar-refractivity contribution in [3.63, 3.8) is 0 Å². The number of nitrogens with zero attached hydrogens (tertiary/aromatic N) is 2. The molecule has 0 radical (unpaired) electrons. The smallest absolute Gasteiger partial charge is 0.254 e. The SMILES string of the molecule is CC(C)c1cc(=O)n2c(n1)CCC(=O)C2. The molecule has 1 aliphatic heterocycles. The zero-order valence-electron chi connectivity index (χ0n) is 8.99. The van der Waals surface area contributed by atoms with Gasteiger partial charge in [-0.1, -0.05) is 13.8 Å². The molecule has 0 saturated heterocycles. The lowest BCUT2D eigenvalue weighted by Crippen LogP contribution is -2.33. The van der Waals surface area contributed by atoms with Gasteiger partial charge in [-0.05, 0) is 5.92 Å². The minimum Gasteiger partial charge on any atom is -0.298 e. The lowest BCUT2D eigenvalue weighted by Gasteiger charge is -2.17. The fourth-order valence-corrected chi connectivity index (χ4v) is 1.74. The van der Waals surface area contributed by atoms with E-state index >= 15 is 0 Å². The van der Waals surface area contributed by atoms with Gasteiger partial charge in [0.2, 0.25) is 0 Å². The number of carbonyl (C=O) groups is 1. The van der Waals surface area contributed by atoms with Gasteiger partial charge in [-0.25, -0.2) is 4.98 Å². The number of fused-ring (bicyclic) bond motifs is 1. The first-order valence-corrected chi connectivity index (χ1v) is 5.20. The molecule has 0 amide bonds. The molecule has 1 aromatic rings. The molecule has 0 saturated carbocycles. The van der Waals surface area contributed by atoms with Crippen molar-refractivity contribution in [2.24, 2.45) is 0 Å². The van der Waals surface area contributed by atoms with E-state index in [0.29, 0.717) is 12.8 Å². The van der Waals surface area contributed by atoms with Crippen LogP contribution in [0.3, 0.4) is 0 Å². The Hall–Kier alpha value is -1.45. The highest BCUT2D eigenvalue weighted by molar-refractivity contribution is 5.79. The number of rotatable bonds is 1. The van der Waals surface area contributed by atoms with Crippen molar-refractivity contribution in [1.29, 1.82) is 0 Å². The Morgan fingerprint density at radius 1 is 1.33 bits per heavy atom. The van der Waals surface area contributed by atoms with Crippen molar-refractivity contribution in [1.82, 2.24) is 9.55 Å². The van der Waals surface area contributed by atoms with Crippen LogP contribution in [-0.2, 0) is 17.8 Å². The Kier molecular flexibility index (Phi) is 2.42. The fraction of sp³-hybridized carbons (Fsp3) is 0.545. The maximum Gasteiger partial charge on any atom is 0.254 e. The van der Waals surface area contributed by atoms with Crippen LogP contribution < -0.4 is 5.56 Å². The number of Topliss-reactive ketones (excluding diaryl/α,β-unsaturated/α-hetero) is 1. The topological polar surface area (TPSA) is 52.0 Å². The first-order chi connectivity index (χ1) is 7.08. The summed E-state index contributed by atoms with van der Waals surface area (Å²) in [4.78, 5) is 27.3. The first kappa shape index (κ1) is 10.1. The molecule has 0 aromatic carbocycles. The maximum absolute atomic E-state index is 11.7. The van der Waals surface area contributed by atoms with E-state index < -0.39 is 0 Å². The predicted molar refractivity (Wildman–Crippen MR) is 55.9 cm³/mol. The molecule has 0 aliphatic carbocycles. The van der Waals surface area contributed by atoms with Crippen LogP contribution in [0.25, 0.3) is 0 Å². The molecule has 1 aliphatic rings. The molecule has 15 heavy (non-hydrogen) atoms. The molecule has 0 unspecified atom stereocenters. The lowest BCUT2D eigenvalue weighted by atomic mass is 10.1. The van der Waals surface area contributed by atoms with Gasteiger partial charge < -0.3 is 0 Å². The monoisotopic (exact) mass is 206 g/mol. The Morgan fingerprint density at radius 2 is 2.07 bits per heavy atom. The Morgan fingerprint density at radius 3 is 2.73 bits per heavy atom. The van der Waals surface area contributed by atoms with Gasteiger partial charge in [0, 0.05) is 18.9 Å². The van der Waals surface area contributed by atoms with E-state index in [1.54, 1.807) is 0 Å². The summed E-state index contributed by atoms with van der Waals surface area (Å²) in [5.41, 5.74) is 0.720. The number of hydrogen-bond donors (Lipinski definition) is 0. The highest BCUT2D eigenvalue weighted by atomic mass is 16.1. The van der Waals surface area contributed by atoms with Gasteiger partial charge in [0.05, 0.1) is 12.2 Å². The zero-order valence-corrected chi connectivity index (χ0v) is 8.99. The minimum atomic E-state index is -0.100. The van der Waals surface area contributed by atoms with Gasteiger partial charge in [-0.15, -0.1) is 0 Å². The van der Waals surface area contributed by atoms with Crippen LogP contribution in [0.4, 0.5) is 0 Å². The number of aryl methyl sites for hydroxylation is 1. The molecule has 4 heteroatoms. The molecule has 1 aromatic heterocycles. The molecule has 80 valence electrons. The van der Waals surface area contributed by atoms with E-state index in [4.69, 9.17) is 0 Å². The molecule has 2 rings (SSSR count). The third kappa shape index (κ3) is 1.84. The second-order valence-corrected chi connectivity index (χ2v) is 4.21. The van der Waals surface area contributed by atoms with Gasteiger partial charge >= 0.3 is 0 Å². The molecular formula is C11H14N2O2. The summed E-state index contributed by atoms with van der Waals surface area (Å²) in [7, 11) is 0. The van der Waals surface area contributed by atoms with Gasteiger partial charge in [0.1, 0.15) is 5.82 Å². The average molecular weight is 206 g/mol. The van der Waals surface area contributed by atoms with Gasteiger partial charge in [-0.2, -0.15) is 0 Å². The van der Waals surface area contributed by atoms with E-state index in [2.05, 4.69) is 4.98 Å². The lowest BCUT2D eigenvalue weighted by molar-refractivity contribution is -0.120. The summed E-state index contributed by atoms with van der Waals surface area (Å²) < 4.78 is 1.48. The van der Waals surface area contributed by atoms with E-state index in [0.717, 1.165) is 11.5 Å². The Balaban J connectivity index is 2.53. The summed E-state index contributed by atoms with van der Waals surface area (Å²) in [6, 6.07) is 1.53. The summed E-state index contributed by atoms with van der Waals surface area (Å²) in [5.74, 6) is 1.12. The average Bonchev–Trinajstić information content (AvgIpc) is 2.18. The summed E-state index contributed by atoms with van der Waals surface area (Å²) in [5, 5.41) is 0. The van der Waals surface area contributed by atoms with E-state index in [1.807, 2.05) is 13.8 Å². The number of hydrogen-bond acceptors (Lipinski definition) is 3. The van der Waals surface area contributed by atoms with Crippen LogP contribution in [0.2, 0.25) is 0 Å². The molecule has 0 atom stereocenters. The fourth-order valence-electron chi connectivity index (χ4n) is 1.74. The Labute approximate surface area is 88.0 Å². The van der Waals surface area contributed by atoms with Crippen molar-refractivity contribution in [3.05, 3.63) is 27.9 Å². The van der Waals surface area contributed by atoms with Crippen molar-refractivity contribution < 1.29 is 4.79 Å². The molecule has 0 N–H and O–H groups in total. The van der Waals surface area contributed by atoms with Crippen LogP contribution in [0.15, 0.2) is 10.9 Å². The standard InChI is InChI=1S/C11H14N2O2/c1-7(2)9-5-11(15)13-6-8(14)3-4-10(13)12-9/h5,7H,3-4,6H2,1-2H3. The van der Waals surface area contributed by atoms with Crippen LogP contribution in [-0.4, -0.2) is 15.3 Å². The molecule has 2 heterocycles. The summed E-state index contributed by atoms with van der Waals surface area (Å²) >= 11 is 0. The minimum absolute atomic E-state index is 0.100. The molecule has 4 nitrogen and oxygen atoms in total. The van der Waals surface area contributed by atoms with Crippen molar-refractivity contribution in [2.45, 2.75) is 39.2 Å². The van der Waals surface area contributed by atoms with Crippen molar-refractivity contribution in [2.75, 3.05) is 0 Å². The number of carbonyl (C=O) groups excluding carboxylic acids is 1. The second kappa shape index (κ2) is 3.61. The van der Waals surface area contributed by atoms with Crippen LogP contribution >= 0.6 is 0 Å². The number of ketones is 1. The summed E-state index contributed by atoms with van der Waals surface area (Å²) in [6.07, 6.45) is 1.10. The quantitative estimate of drug-likeness (QED) is 0.685. The van der Waals surface area contributed by atoms with Gasteiger partial charge in [0.25, 0.3) is 5.56 Å². The first-order valence-electron chi connectivity index (χ1n) is 5.20. The summed E-state index contributed by atoms with van der Waals surface area (Å²) in [6.45, 7) is 4.21. The van der Waals surface area contributed by atoms with Gasteiger partial charge in [0.15, 0.2) is 5.78 Å². The predicted octanol–water partition coefficient (Wildman–Crippen LogP) is 0.882. The largest absolute Gasteiger partial charge is 0.298 e. The number of aromatic nitrogens is 2. The molecular weight excluding hydrogens is 192 g/mol. The van der Waals surface area contributed by atoms with Gasteiger partial charge in [-0.3, -0.25) is 14.2 Å². The van der Waals surface area contributed by atoms with E-state index in [-0.39, 0.29) is 23.8 Å². The van der Waals surface area contributed by atoms with Crippen LogP contribution in [0.5, 0.6) is 0 Å². The highest BCUT2D eigenvalue weighted by Crippen LogP contribution is 2.13. The molecule has 0 bridgehead atoms. The Bertz CT molecular complexity index is 460. The van der Waals surface area contributed by atoms with E-state index in [9.17, 15) is 9.59 Å².